The molecule has 0 saturated heterocycles. The van der Waals surface area contributed by atoms with Gasteiger partial charge >= 0.3 is 0 Å². The largest absolute Gasteiger partial charge is 0.454 e. The third kappa shape index (κ3) is 2.60. The van der Waals surface area contributed by atoms with E-state index in [0.717, 1.165) is 0 Å². The van der Waals surface area contributed by atoms with E-state index in [1.807, 2.05) is 0 Å². The summed E-state index contributed by atoms with van der Waals surface area (Å²) in [7, 11) is 0. The third-order valence-corrected chi connectivity index (χ3v) is 3.74. The second-order valence-electron chi connectivity index (χ2n) is 5.24. The van der Waals surface area contributed by atoms with Gasteiger partial charge < -0.3 is 24.3 Å². The third-order valence-electron chi connectivity index (χ3n) is 3.74. The Morgan fingerprint density at radius 2 is 1.33 bits per heavy atom. The fourth-order valence-electron chi connectivity index (χ4n) is 2.47. The number of nitrogens with one attached hydrogen (secondary N) is 1. The normalized spacial score (nSPS) is 13.7. The topological polar surface area (TPSA) is 83.1 Å². The zero-order chi connectivity index (χ0) is 16.5. The maximum atomic E-state index is 12.2. The molecular formula is C17H13NO6. The van der Waals surface area contributed by atoms with E-state index in [4.69, 9.17) is 18.9 Å². The van der Waals surface area contributed by atoms with Crippen molar-refractivity contribution in [1.29, 1.82) is 0 Å². The van der Waals surface area contributed by atoms with E-state index in [9.17, 15) is 9.59 Å². The minimum absolute atomic E-state index is 0.118. The number of fused-ring (bicyclic) bond motifs is 2. The van der Waals surface area contributed by atoms with Crippen molar-refractivity contribution >= 4 is 11.7 Å². The fourth-order valence-corrected chi connectivity index (χ4v) is 2.47. The molecule has 24 heavy (non-hydrogen) atoms. The van der Waals surface area contributed by atoms with Crippen LogP contribution in [-0.2, 0) is 0 Å². The summed E-state index contributed by atoms with van der Waals surface area (Å²) < 4.78 is 20.9. The van der Waals surface area contributed by atoms with Crippen molar-refractivity contribution in [3.8, 4) is 23.0 Å². The molecule has 2 aliphatic rings. The summed E-state index contributed by atoms with van der Waals surface area (Å²) >= 11 is 0. The van der Waals surface area contributed by atoms with Crippen molar-refractivity contribution < 1.29 is 28.5 Å². The van der Waals surface area contributed by atoms with Crippen molar-refractivity contribution in [3.63, 3.8) is 0 Å². The molecule has 0 saturated carbocycles. The van der Waals surface area contributed by atoms with Gasteiger partial charge in [0.05, 0.1) is 6.54 Å². The van der Waals surface area contributed by atoms with Crippen molar-refractivity contribution in [1.82, 2.24) is 5.32 Å². The van der Waals surface area contributed by atoms with E-state index < -0.39 is 0 Å². The van der Waals surface area contributed by atoms with Crippen LogP contribution in [0.15, 0.2) is 36.4 Å². The van der Waals surface area contributed by atoms with E-state index in [1.165, 1.54) is 0 Å². The SMILES string of the molecule is O=C(CNC(=O)c1ccc2c(c1)OCO2)c1ccc2c(c1)OCO2. The number of hydrogen-bond acceptors (Lipinski definition) is 6. The molecule has 122 valence electrons. The molecule has 7 heteroatoms. The average molecular weight is 327 g/mol. The minimum Gasteiger partial charge on any atom is -0.454 e. The first-order valence-electron chi connectivity index (χ1n) is 7.31. The molecule has 2 heterocycles. The molecule has 0 aliphatic carbocycles. The molecule has 0 unspecified atom stereocenters. The highest BCUT2D eigenvalue weighted by molar-refractivity contribution is 6.02. The highest BCUT2D eigenvalue weighted by atomic mass is 16.7. The zero-order valence-electron chi connectivity index (χ0n) is 12.5. The monoisotopic (exact) mass is 327 g/mol. The Morgan fingerprint density at radius 1 is 0.792 bits per heavy atom. The van der Waals surface area contributed by atoms with E-state index in [1.54, 1.807) is 36.4 Å². The first kappa shape index (κ1) is 14.4. The van der Waals surface area contributed by atoms with Crippen LogP contribution in [0.3, 0.4) is 0 Å². The smallest absolute Gasteiger partial charge is 0.251 e. The predicted molar refractivity (Wildman–Crippen MR) is 81.8 cm³/mol. The molecule has 0 atom stereocenters. The van der Waals surface area contributed by atoms with Crippen LogP contribution >= 0.6 is 0 Å². The Bertz CT molecular complexity index is 762. The first-order valence-corrected chi connectivity index (χ1v) is 7.31. The number of hydrogen-bond donors (Lipinski definition) is 1. The molecule has 0 spiro atoms. The quantitative estimate of drug-likeness (QED) is 0.862. The van der Waals surface area contributed by atoms with Crippen LogP contribution in [-0.4, -0.2) is 31.8 Å². The molecule has 1 amide bonds. The fraction of sp³-hybridized carbons (Fsp3) is 0.176. The number of benzene rings is 2. The summed E-state index contributed by atoms with van der Waals surface area (Å²) in [5.74, 6) is 1.68. The minimum atomic E-state index is -0.359. The lowest BCUT2D eigenvalue weighted by Gasteiger charge is -2.06. The van der Waals surface area contributed by atoms with Gasteiger partial charge in [-0.2, -0.15) is 0 Å². The van der Waals surface area contributed by atoms with Crippen molar-refractivity contribution in [2.75, 3.05) is 20.1 Å². The van der Waals surface area contributed by atoms with Crippen molar-refractivity contribution in [2.24, 2.45) is 0 Å². The number of Topliss-reactive ketones (excluding diaryl/α,β-unsaturated/α-hetero) is 1. The van der Waals surface area contributed by atoms with Gasteiger partial charge in [0.1, 0.15) is 0 Å². The molecule has 1 N–H and O–H groups in total. The molecule has 0 radical (unpaired) electrons. The Balaban J connectivity index is 1.41. The van der Waals surface area contributed by atoms with Gasteiger partial charge in [0, 0.05) is 11.1 Å². The molecular weight excluding hydrogens is 314 g/mol. The molecule has 2 aliphatic heterocycles. The van der Waals surface area contributed by atoms with Crippen LogP contribution in [0.4, 0.5) is 0 Å². The molecule has 0 aromatic heterocycles. The van der Waals surface area contributed by atoms with E-state index >= 15 is 0 Å². The molecule has 4 rings (SSSR count). The number of carbonyl (C=O) groups is 2. The predicted octanol–water partition coefficient (Wildman–Crippen LogP) is 1.76. The molecule has 0 fully saturated rings. The van der Waals surface area contributed by atoms with Crippen LogP contribution < -0.4 is 24.3 Å². The maximum Gasteiger partial charge on any atom is 0.251 e. The molecule has 2 aromatic carbocycles. The lowest BCUT2D eigenvalue weighted by molar-refractivity contribution is 0.0904. The highest BCUT2D eigenvalue weighted by Crippen LogP contribution is 2.33. The second kappa shape index (κ2) is 5.77. The number of amides is 1. The summed E-state index contributed by atoms with van der Waals surface area (Å²) in [6, 6.07) is 9.79. The number of rotatable bonds is 4. The summed E-state index contributed by atoms with van der Waals surface area (Å²) in [5.41, 5.74) is 0.850. The van der Waals surface area contributed by atoms with Gasteiger partial charge in [-0.15, -0.1) is 0 Å². The second-order valence-corrected chi connectivity index (χ2v) is 5.24. The molecule has 7 nitrogen and oxygen atoms in total. The Morgan fingerprint density at radius 3 is 2.00 bits per heavy atom. The van der Waals surface area contributed by atoms with Gasteiger partial charge in [-0.25, -0.2) is 0 Å². The van der Waals surface area contributed by atoms with Crippen LogP contribution in [0.5, 0.6) is 23.0 Å². The van der Waals surface area contributed by atoms with Crippen molar-refractivity contribution in [2.45, 2.75) is 0 Å². The van der Waals surface area contributed by atoms with Crippen molar-refractivity contribution in [3.05, 3.63) is 47.5 Å². The first-order chi connectivity index (χ1) is 11.7. The van der Waals surface area contributed by atoms with Crippen LogP contribution in [0.25, 0.3) is 0 Å². The lowest BCUT2D eigenvalue weighted by atomic mass is 10.1. The molecule has 0 bridgehead atoms. The Labute approximate surface area is 137 Å². The van der Waals surface area contributed by atoms with E-state index in [-0.39, 0.29) is 31.8 Å². The highest BCUT2D eigenvalue weighted by Gasteiger charge is 2.18. The summed E-state index contributed by atoms with van der Waals surface area (Å²) in [5, 5.41) is 2.60. The van der Waals surface area contributed by atoms with Gasteiger partial charge in [0.25, 0.3) is 5.91 Å². The number of ether oxygens (including phenoxy) is 4. The standard InChI is InChI=1S/C17H13NO6/c19-12(10-1-3-13-15(5-10)23-8-21-13)7-18-17(20)11-2-4-14-16(6-11)24-9-22-14/h1-6H,7-9H2,(H,18,20). The van der Waals surface area contributed by atoms with E-state index in [0.29, 0.717) is 34.1 Å². The number of carbonyl (C=O) groups excluding carboxylic acids is 2. The summed E-state index contributed by atoms with van der Waals surface area (Å²) in [6.07, 6.45) is 0. The Hall–Kier alpha value is -3.22. The lowest BCUT2D eigenvalue weighted by Crippen LogP contribution is -2.29. The maximum absolute atomic E-state index is 12.2. The zero-order valence-corrected chi connectivity index (χ0v) is 12.5. The molecule has 2 aromatic rings. The Kier molecular flexibility index (Phi) is 3.45. The van der Waals surface area contributed by atoms with Gasteiger partial charge in [0.2, 0.25) is 13.6 Å². The summed E-state index contributed by atoms with van der Waals surface area (Å²) in [6.45, 7) is 0.170. The average Bonchev–Trinajstić information content (AvgIpc) is 3.26. The van der Waals surface area contributed by atoms with Gasteiger partial charge in [-0.05, 0) is 36.4 Å². The van der Waals surface area contributed by atoms with E-state index in [2.05, 4.69) is 5.32 Å². The van der Waals surface area contributed by atoms with Gasteiger partial charge in [0.15, 0.2) is 28.8 Å². The summed E-state index contributed by atoms with van der Waals surface area (Å²) in [4.78, 5) is 24.4. The van der Waals surface area contributed by atoms with Gasteiger partial charge in [-0.3, -0.25) is 9.59 Å². The van der Waals surface area contributed by atoms with Crippen LogP contribution in [0.2, 0.25) is 0 Å². The van der Waals surface area contributed by atoms with Gasteiger partial charge in [-0.1, -0.05) is 0 Å². The van der Waals surface area contributed by atoms with Crippen LogP contribution in [0, 0.1) is 0 Å². The van der Waals surface area contributed by atoms with Crippen LogP contribution in [0.1, 0.15) is 20.7 Å². The number of ketones is 1.